The van der Waals surface area contributed by atoms with Crippen LogP contribution in [-0.2, 0) is 25.0 Å². The number of hydrogen-bond donors (Lipinski definition) is 2. The minimum atomic E-state index is -3.42. The van der Waals surface area contributed by atoms with Crippen LogP contribution in [-0.4, -0.2) is 35.0 Å². The molecule has 0 aliphatic rings. The maximum absolute atomic E-state index is 12.3. The molecule has 0 bridgehead atoms. The van der Waals surface area contributed by atoms with Crippen LogP contribution < -0.4 is 16.6 Å². The van der Waals surface area contributed by atoms with Gasteiger partial charge in [0, 0.05) is 0 Å². The van der Waals surface area contributed by atoms with Gasteiger partial charge < -0.3 is 14.4 Å². The van der Waals surface area contributed by atoms with Crippen molar-refractivity contribution in [3.05, 3.63) is 45.1 Å². The van der Waals surface area contributed by atoms with E-state index < -0.39 is 24.8 Å². The summed E-state index contributed by atoms with van der Waals surface area (Å²) in [6, 6.07) is 6.45. The molecule has 10 heteroatoms. The molecule has 1 aromatic heterocycles. The number of nitrogens with one attached hydrogen (secondary N) is 2. The summed E-state index contributed by atoms with van der Waals surface area (Å²) >= 11 is 0. The first-order valence-electron chi connectivity index (χ1n) is 7.77. The number of fused-ring (bicyclic) bond motifs is 1. The van der Waals surface area contributed by atoms with Gasteiger partial charge in [-0.25, -0.2) is 4.79 Å². The maximum Gasteiger partial charge on any atom is 0.349 e. The molecule has 2 N–H and O–H groups in total. The number of hydrogen-bond acceptors (Lipinski definition) is 6. The number of H-pyrrole nitrogens is 1. The smallest absolute Gasteiger partial charge is 0.343 e. The molecule has 0 atom stereocenters. The number of carbonyl (C=O) groups is 1. The van der Waals surface area contributed by atoms with Gasteiger partial charge in [0.05, 0.1) is 24.1 Å². The normalized spacial score (nSPS) is 11.6. The van der Waals surface area contributed by atoms with Crippen molar-refractivity contribution in [1.82, 2.24) is 14.9 Å². The van der Waals surface area contributed by atoms with Crippen molar-refractivity contribution in [2.75, 3.05) is 19.5 Å². The van der Waals surface area contributed by atoms with Crippen molar-refractivity contribution >= 4 is 24.4 Å². The van der Waals surface area contributed by atoms with Crippen LogP contribution in [0.1, 0.15) is 13.8 Å². The Bertz CT molecular complexity index is 909. The number of para-hydroxylation sites is 1. The van der Waals surface area contributed by atoms with E-state index in [4.69, 9.17) is 9.05 Å². The second-order valence-electron chi connectivity index (χ2n) is 5.07. The van der Waals surface area contributed by atoms with E-state index in [1.54, 1.807) is 38.1 Å². The monoisotopic (exact) mass is 369 g/mol. The summed E-state index contributed by atoms with van der Waals surface area (Å²) in [7, 11) is -3.42. The van der Waals surface area contributed by atoms with Crippen molar-refractivity contribution < 1.29 is 18.4 Å². The molecule has 0 aliphatic heterocycles. The molecule has 0 radical (unpaired) electrons. The molecule has 0 saturated carbocycles. The number of aromatic amines is 1. The van der Waals surface area contributed by atoms with Gasteiger partial charge in [0.15, 0.2) is 0 Å². The molecule has 25 heavy (non-hydrogen) atoms. The first-order chi connectivity index (χ1) is 11.9. The number of rotatable bonds is 8. The van der Waals surface area contributed by atoms with Crippen molar-refractivity contribution in [2.24, 2.45) is 0 Å². The zero-order valence-electron chi connectivity index (χ0n) is 14.0. The van der Waals surface area contributed by atoms with Gasteiger partial charge >= 0.3 is 13.3 Å². The van der Waals surface area contributed by atoms with Crippen LogP contribution >= 0.6 is 7.60 Å². The van der Waals surface area contributed by atoms with E-state index in [0.717, 1.165) is 4.57 Å². The number of benzene rings is 1. The van der Waals surface area contributed by atoms with Gasteiger partial charge in [0.1, 0.15) is 12.8 Å². The Morgan fingerprint density at radius 3 is 2.48 bits per heavy atom. The van der Waals surface area contributed by atoms with Crippen molar-refractivity contribution in [2.45, 2.75) is 20.4 Å². The molecular formula is C15H20N3O6P. The van der Waals surface area contributed by atoms with Crippen molar-refractivity contribution in [3.8, 4) is 0 Å². The zero-order chi connectivity index (χ0) is 18.4. The molecule has 0 spiro atoms. The van der Waals surface area contributed by atoms with Crippen LogP contribution in [0.3, 0.4) is 0 Å². The second kappa shape index (κ2) is 8.24. The fourth-order valence-electron chi connectivity index (χ4n) is 2.31. The average molecular weight is 369 g/mol. The van der Waals surface area contributed by atoms with Crippen LogP contribution in [0.5, 0.6) is 0 Å². The first kappa shape index (κ1) is 19.1. The Morgan fingerprint density at radius 1 is 1.20 bits per heavy atom. The predicted molar refractivity (Wildman–Crippen MR) is 92.7 cm³/mol. The van der Waals surface area contributed by atoms with E-state index in [2.05, 4.69) is 10.3 Å². The predicted octanol–water partition coefficient (Wildman–Crippen LogP) is 1.03. The van der Waals surface area contributed by atoms with E-state index in [1.807, 2.05) is 0 Å². The molecule has 2 aromatic rings. The summed E-state index contributed by atoms with van der Waals surface area (Å²) in [4.78, 5) is 38.1. The molecule has 1 heterocycles. The third-order valence-electron chi connectivity index (χ3n) is 3.33. The molecule has 0 aliphatic carbocycles. The molecule has 1 aromatic carbocycles. The molecule has 0 unspecified atom stereocenters. The fraction of sp³-hybridized carbons (Fsp3) is 0.400. The zero-order valence-corrected chi connectivity index (χ0v) is 14.9. The van der Waals surface area contributed by atoms with Gasteiger partial charge in [-0.1, -0.05) is 12.1 Å². The SMILES string of the molecule is CCOP(=O)(CNC(=O)Cn1c(=O)[nH]c(=O)c2ccccc21)OCC. The Morgan fingerprint density at radius 2 is 1.84 bits per heavy atom. The highest BCUT2D eigenvalue weighted by molar-refractivity contribution is 7.53. The fourth-order valence-corrected chi connectivity index (χ4v) is 3.72. The third kappa shape index (κ3) is 4.66. The lowest BCUT2D eigenvalue weighted by Crippen LogP contribution is -2.36. The van der Waals surface area contributed by atoms with E-state index in [-0.39, 0.29) is 26.0 Å². The van der Waals surface area contributed by atoms with Crippen LogP contribution in [0.4, 0.5) is 0 Å². The Labute approximate surface area is 143 Å². The lowest BCUT2D eigenvalue weighted by Gasteiger charge is -2.17. The molecule has 0 fully saturated rings. The highest BCUT2D eigenvalue weighted by Crippen LogP contribution is 2.46. The lowest BCUT2D eigenvalue weighted by molar-refractivity contribution is -0.121. The van der Waals surface area contributed by atoms with Crippen LogP contribution in [0.25, 0.3) is 10.9 Å². The number of aromatic nitrogens is 2. The van der Waals surface area contributed by atoms with Crippen LogP contribution in [0.15, 0.2) is 33.9 Å². The molecule has 136 valence electrons. The molecule has 9 nitrogen and oxygen atoms in total. The molecular weight excluding hydrogens is 349 g/mol. The summed E-state index contributed by atoms with van der Waals surface area (Å²) in [6.45, 7) is 3.35. The minimum absolute atomic E-state index is 0.178. The largest absolute Gasteiger partial charge is 0.349 e. The first-order valence-corrected chi connectivity index (χ1v) is 9.49. The summed E-state index contributed by atoms with van der Waals surface area (Å²) in [6.07, 6.45) is -0.302. The molecule has 1 amide bonds. The quantitative estimate of drug-likeness (QED) is 0.671. The average Bonchev–Trinajstić information content (AvgIpc) is 2.57. The van der Waals surface area contributed by atoms with Gasteiger partial charge in [-0.3, -0.25) is 23.7 Å². The van der Waals surface area contributed by atoms with E-state index in [9.17, 15) is 18.9 Å². The minimum Gasteiger partial charge on any atom is -0.343 e. The number of nitrogens with zero attached hydrogens (tertiary/aromatic N) is 1. The van der Waals surface area contributed by atoms with Gasteiger partial charge in [0.25, 0.3) is 5.56 Å². The van der Waals surface area contributed by atoms with Gasteiger partial charge in [-0.15, -0.1) is 0 Å². The van der Waals surface area contributed by atoms with Crippen molar-refractivity contribution in [3.63, 3.8) is 0 Å². The van der Waals surface area contributed by atoms with E-state index in [1.165, 1.54) is 0 Å². The number of amides is 1. The van der Waals surface area contributed by atoms with E-state index >= 15 is 0 Å². The van der Waals surface area contributed by atoms with Crippen LogP contribution in [0, 0.1) is 0 Å². The topological polar surface area (TPSA) is 119 Å². The summed E-state index contributed by atoms with van der Waals surface area (Å²) in [5.41, 5.74) is -0.879. The lowest BCUT2D eigenvalue weighted by atomic mass is 10.2. The second-order valence-corrected chi connectivity index (χ2v) is 7.12. The summed E-state index contributed by atoms with van der Waals surface area (Å²) < 4.78 is 23.6. The standard InChI is InChI=1S/C15H20N3O6P/c1-3-23-25(22,24-4-2)10-16-13(19)9-18-12-8-6-5-7-11(12)14(20)17-15(18)21/h5-8H,3-4,9-10H2,1-2H3,(H,16,19)(H,17,20,21). The van der Waals surface area contributed by atoms with E-state index in [0.29, 0.717) is 10.9 Å². The molecule has 2 rings (SSSR count). The molecule has 0 saturated heterocycles. The van der Waals surface area contributed by atoms with Gasteiger partial charge in [-0.05, 0) is 26.0 Å². The van der Waals surface area contributed by atoms with Gasteiger partial charge in [-0.2, -0.15) is 0 Å². The Hall–Kier alpha value is -2.22. The van der Waals surface area contributed by atoms with Gasteiger partial charge in [0.2, 0.25) is 5.91 Å². The Balaban J connectivity index is 2.19. The number of carbonyl (C=O) groups excluding carboxylic acids is 1. The highest BCUT2D eigenvalue weighted by atomic mass is 31.2. The van der Waals surface area contributed by atoms with Crippen LogP contribution in [0.2, 0.25) is 0 Å². The highest BCUT2D eigenvalue weighted by Gasteiger charge is 2.24. The van der Waals surface area contributed by atoms with Crippen molar-refractivity contribution in [1.29, 1.82) is 0 Å². The maximum atomic E-state index is 12.3. The Kier molecular flexibility index (Phi) is 6.30. The third-order valence-corrected chi connectivity index (χ3v) is 5.18. The summed E-state index contributed by atoms with van der Waals surface area (Å²) in [5, 5.41) is 2.74. The summed E-state index contributed by atoms with van der Waals surface area (Å²) in [5.74, 6) is -0.557.